The van der Waals surface area contributed by atoms with Gasteiger partial charge in [-0.05, 0) is 31.5 Å². The second-order valence-corrected chi connectivity index (χ2v) is 6.37. The quantitative estimate of drug-likeness (QED) is 0.886. The molecule has 4 rings (SSSR count). The van der Waals surface area contributed by atoms with Gasteiger partial charge in [0.25, 0.3) is 0 Å². The molecule has 0 aliphatic carbocycles. The molecule has 2 aliphatic rings. The normalized spacial score (nSPS) is 17.2. The van der Waals surface area contributed by atoms with Crippen molar-refractivity contribution < 1.29 is 14.3 Å². The van der Waals surface area contributed by atoms with Crippen LogP contribution in [-0.2, 0) is 24.4 Å². The topological polar surface area (TPSA) is 81.5 Å². The molecule has 0 unspecified atom stereocenters. The smallest absolute Gasteiger partial charge is 0.237 e. The maximum absolute atomic E-state index is 12.5. The molecule has 2 aliphatic heterocycles. The van der Waals surface area contributed by atoms with Crippen LogP contribution in [0.5, 0.6) is 11.5 Å². The van der Waals surface area contributed by atoms with E-state index in [2.05, 4.69) is 25.0 Å². The zero-order valence-corrected chi connectivity index (χ0v) is 14.4. The molecule has 0 radical (unpaired) electrons. The van der Waals surface area contributed by atoms with Crippen LogP contribution in [0, 0.1) is 6.92 Å². The second-order valence-electron chi connectivity index (χ2n) is 6.37. The summed E-state index contributed by atoms with van der Waals surface area (Å²) in [5.41, 5.74) is 0.985. The lowest BCUT2D eigenvalue weighted by atomic mass is 10.2. The Morgan fingerprint density at radius 3 is 3.00 bits per heavy atom. The molecule has 0 spiro atoms. The van der Waals surface area contributed by atoms with E-state index in [9.17, 15) is 4.79 Å². The van der Waals surface area contributed by atoms with E-state index in [1.807, 2.05) is 32.0 Å². The van der Waals surface area contributed by atoms with Gasteiger partial charge < -0.3 is 19.4 Å². The molecule has 8 heteroatoms. The maximum atomic E-state index is 12.5. The number of benzene rings is 1. The molecular weight excluding hydrogens is 322 g/mol. The Morgan fingerprint density at radius 1 is 1.28 bits per heavy atom. The van der Waals surface area contributed by atoms with Gasteiger partial charge in [-0.1, -0.05) is 6.07 Å². The average molecular weight is 343 g/mol. The molecule has 1 aromatic carbocycles. The zero-order valence-electron chi connectivity index (χ0n) is 14.4. The third-order valence-electron chi connectivity index (χ3n) is 4.80. The Balaban J connectivity index is 1.35. The van der Waals surface area contributed by atoms with Gasteiger partial charge in [0.1, 0.15) is 11.6 Å². The molecule has 1 amide bonds. The molecule has 0 fully saturated rings. The van der Waals surface area contributed by atoms with Crippen molar-refractivity contribution in [1.29, 1.82) is 0 Å². The lowest BCUT2D eigenvalue weighted by Gasteiger charge is -2.31. The third-order valence-corrected chi connectivity index (χ3v) is 4.80. The highest BCUT2D eigenvalue weighted by atomic mass is 16.7. The largest absolute Gasteiger partial charge is 0.454 e. The fourth-order valence-corrected chi connectivity index (χ4v) is 3.21. The molecule has 0 saturated heterocycles. The van der Waals surface area contributed by atoms with Gasteiger partial charge in [0.2, 0.25) is 12.7 Å². The minimum Gasteiger partial charge on any atom is -0.454 e. The average Bonchev–Trinajstić information content (AvgIpc) is 3.25. The van der Waals surface area contributed by atoms with Crippen LogP contribution in [0.1, 0.15) is 24.1 Å². The number of rotatable bonds is 4. The van der Waals surface area contributed by atoms with Crippen LogP contribution < -0.4 is 14.8 Å². The fourth-order valence-electron chi connectivity index (χ4n) is 3.21. The summed E-state index contributed by atoms with van der Waals surface area (Å²) < 4.78 is 12.8. The molecule has 1 N–H and O–H groups in total. The molecule has 1 atom stereocenters. The van der Waals surface area contributed by atoms with E-state index < -0.39 is 0 Å². The minimum absolute atomic E-state index is 0.00218. The number of nitrogens with zero attached hydrogens (tertiary/aromatic N) is 4. The van der Waals surface area contributed by atoms with E-state index in [1.54, 1.807) is 0 Å². The second kappa shape index (κ2) is 6.36. The summed E-state index contributed by atoms with van der Waals surface area (Å²) in [5, 5.41) is 11.3. The number of ether oxygens (including phenoxy) is 2. The van der Waals surface area contributed by atoms with Crippen LogP contribution in [0.15, 0.2) is 18.2 Å². The van der Waals surface area contributed by atoms with Crippen molar-refractivity contribution in [2.75, 3.05) is 13.3 Å². The Morgan fingerprint density at radius 2 is 2.12 bits per heavy atom. The Hall–Kier alpha value is -2.61. The Labute approximate surface area is 145 Å². The summed E-state index contributed by atoms with van der Waals surface area (Å²) >= 11 is 0. The van der Waals surface area contributed by atoms with Gasteiger partial charge in [-0.15, -0.1) is 10.2 Å². The number of hydrogen-bond donors (Lipinski definition) is 1. The summed E-state index contributed by atoms with van der Waals surface area (Å²) in [4.78, 5) is 14.6. The molecule has 132 valence electrons. The fraction of sp³-hybridized carbons (Fsp3) is 0.471. The highest BCUT2D eigenvalue weighted by molar-refractivity contribution is 5.81. The van der Waals surface area contributed by atoms with Crippen molar-refractivity contribution in [2.45, 2.75) is 39.5 Å². The summed E-state index contributed by atoms with van der Waals surface area (Å²) in [6, 6.07) is 5.48. The monoisotopic (exact) mass is 343 g/mol. The van der Waals surface area contributed by atoms with Gasteiger partial charge >= 0.3 is 0 Å². The van der Waals surface area contributed by atoms with E-state index in [4.69, 9.17) is 9.47 Å². The zero-order chi connectivity index (χ0) is 17.4. The molecule has 1 aromatic heterocycles. The van der Waals surface area contributed by atoms with Crippen LogP contribution in [0.4, 0.5) is 0 Å². The van der Waals surface area contributed by atoms with Crippen molar-refractivity contribution in [3.05, 3.63) is 35.4 Å². The molecule has 0 bridgehead atoms. The van der Waals surface area contributed by atoms with Gasteiger partial charge in [0, 0.05) is 19.6 Å². The molecule has 25 heavy (non-hydrogen) atoms. The summed E-state index contributed by atoms with van der Waals surface area (Å²) in [7, 11) is 0. The number of hydrogen-bond acceptors (Lipinski definition) is 6. The van der Waals surface area contributed by atoms with E-state index in [0.29, 0.717) is 13.1 Å². The van der Waals surface area contributed by atoms with Gasteiger partial charge in [0.15, 0.2) is 11.5 Å². The summed E-state index contributed by atoms with van der Waals surface area (Å²) in [6.45, 7) is 6.85. The van der Waals surface area contributed by atoms with Crippen molar-refractivity contribution >= 4 is 5.91 Å². The van der Waals surface area contributed by atoms with Crippen LogP contribution in [-0.4, -0.2) is 45.0 Å². The van der Waals surface area contributed by atoms with Crippen LogP contribution in [0.25, 0.3) is 0 Å². The first-order chi connectivity index (χ1) is 12.1. The van der Waals surface area contributed by atoms with Crippen LogP contribution in [0.3, 0.4) is 0 Å². The lowest BCUT2D eigenvalue weighted by Crippen LogP contribution is -2.48. The molecule has 8 nitrogen and oxygen atoms in total. The Bertz CT molecular complexity index is 804. The molecular formula is C17H21N5O3. The highest BCUT2D eigenvalue weighted by Gasteiger charge is 2.27. The standard InChI is InChI=1S/C17H21N5O3/c1-11(21-5-6-22-12(2)19-20-16(22)9-21)17(23)18-8-13-3-4-14-15(7-13)25-10-24-14/h3-4,7,11H,5-6,8-10H2,1-2H3,(H,18,23)/t11-/m0/s1. The van der Waals surface area contributed by atoms with Crippen molar-refractivity contribution in [3.8, 4) is 11.5 Å². The first-order valence-electron chi connectivity index (χ1n) is 8.41. The molecule has 0 saturated carbocycles. The SMILES string of the molecule is Cc1nnc2n1CCN([C@@H](C)C(=O)NCc1ccc3c(c1)OCO3)C2. The Kier molecular flexibility index (Phi) is 4.04. The predicted octanol–water partition coefficient (Wildman–Crippen LogP) is 0.836. The number of aryl methyl sites for hydroxylation is 1. The number of fused-ring (bicyclic) bond motifs is 2. The van der Waals surface area contributed by atoms with Crippen molar-refractivity contribution in [3.63, 3.8) is 0 Å². The lowest BCUT2D eigenvalue weighted by molar-refractivity contribution is -0.126. The van der Waals surface area contributed by atoms with Crippen LogP contribution in [0.2, 0.25) is 0 Å². The predicted molar refractivity (Wildman–Crippen MR) is 89.0 cm³/mol. The van der Waals surface area contributed by atoms with Gasteiger partial charge in [-0.2, -0.15) is 0 Å². The van der Waals surface area contributed by atoms with Crippen molar-refractivity contribution in [2.24, 2.45) is 0 Å². The number of nitrogens with one attached hydrogen (secondary N) is 1. The van der Waals surface area contributed by atoms with E-state index in [0.717, 1.165) is 41.8 Å². The number of amides is 1. The summed E-state index contributed by atoms with van der Waals surface area (Å²) in [5.74, 6) is 3.32. The maximum Gasteiger partial charge on any atom is 0.237 e. The van der Waals surface area contributed by atoms with Crippen molar-refractivity contribution in [1.82, 2.24) is 25.0 Å². The number of aromatic nitrogens is 3. The highest BCUT2D eigenvalue weighted by Crippen LogP contribution is 2.32. The van der Waals surface area contributed by atoms with Gasteiger partial charge in [0.05, 0.1) is 12.6 Å². The van der Waals surface area contributed by atoms with E-state index in [-0.39, 0.29) is 18.7 Å². The van der Waals surface area contributed by atoms with E-state index >= 15 is 0 Å². The van der Waals surface area contributed by atoms with Gasteiger partial charge in [-0.25, -0.2) is 0 Å². The third kappa shape index (κ3) is 3.05. The van der Waals surface area contributed by atoms with Gasteiger partial charge in [-0.3, -0.25) is 9.69 Å². The summed E-state index contributed by atoms with van der Waals surface area (Å²) in [6.07, 6.45) is 0. The first-order valence-corrected chi connectivity index (χ1v) is 8.41. The van der Waals surface area contributed by atoms with Crippen LogP contribution >= 0.6 is 0 Å². The first kappa shape index (κ1) is 15.9. The van der Waals surface area contributed by atoms with E-state index in [1.165, 1.54) is 0 Å². The minimum atomic E-state index is -0.222. The molecule has 2 aromatic rings. The number of carbonyl (C=O) groups excluding carboxylic acids is 1. The molecule has 3 heterocycles. The number of carbonyl (C=O) groups is 1.